The van der Waals surface area contributed by atoms with Gasteiger partial charge >= 0.3 is 0 Å². The molecule has 1 saturated heterocycles. The first-order valence-corrected chi connectivity index (χ1v) is 12.2. The Kier molecular flexibility index (Phi) is 5.15. The van der Waals surface area contributed by atoms with E-state index < -0.39 is 0 Å². The van der Waals surface area contributed by atoms with Crippen molar-refractivity contribution in [2.24, 2.45) is 10.9 Å². The summed E-state index contributed by atoms with van der Waals surface area (Å²) >= 11 is 0. The quantitative estimate of drug-likeness (QED) is 0.609. The van der Waals surface area contributed by atoms with Crippen molar-refractivity contribution >= 4 is 28.6 Å². The fourth-order valence-electron chi connectivity index (χ4n) is 5.93. The number of nitriles is 1. The summed E-state index contributed by atoms with van der Waals surface area (Å²) in [5, 5.41) is 19.6. The molecule has 168 valence electrons. The number of hydrogen-bond donors (Lipinski definition) is 1. The van der Waals surface area contributed by atoms with E-state index in [-0.39, 0.29) is 12.5 Å². The second-order valence-corrected chi connectivity index (χ2v) is 9.70. The Balaban J connectivity index is 1.44. The zero-order valence-electron chi connectivity index (χ0n) is 18.9. The van der Waals surface area contributed by atoms with Crippen LogP contribution in [0.25, 0.3) is 22.2 Å². The second-order valence-electron chi connectivity index (χ2n) is 9.70. The van der Waals surface area contributed by atoms with Crippen molar-refractivity contribution in [1.82, 2.24) is 9.55 Å². The molecule has 2 fully saturated rings. The summed E-state index contributed by atoms with van der Waals surface area (Å²) in [4.78, 5) is 11.7. The maximum absolute atomic E-state index is 10.0. The Morgan fingerprint density at radius 3 is 2.79 bits per heavy atom. The molecule has 6 rings (SSSR count). The minimum atomic E-state index is 0.194. The van der Waals surface area contributed by atoms with Crippen LogP contribution >= 0.6 is 0 Å². The summed E-state index contributed by atoms with van der Waals surface area (Å²) in [5.74, 6) is 0.268. The third-order valence-electron chi connectivity index (χ3n) is 7.75. The number of aliphatic hydroxyl groups is 1. The van der Waals surface area contributed by atoms with E-state index in [0.717, 1.165) is 58.7 Å². The molecule has 1 N–H and O–H groups in total. The molecule has 0 unspecified atom stereocenters. The summed E-state index contributed by atoms with van der Waals surface area (Å²) in [5.41, 5.74) is 8.01. The van der Waals surface area contributed by atoms with Crippen LogP contribution in [0.2, 0.25) is 0 Å². The van der Waals surface area contributed by atoms with Crippen LogP contribution in [0.4, 0.5) is 11.4 Å². The first-order chi connectivity index (χ1) is 16.3. The highest BCUT2D eigenvalue weighted by atomic mass is 16.3. The Hall–Kier alpha value is -3.17. The molecule has 3 heterocycles. The van der Waals surface area contributed by atoms with E-state index >= 15 is 0 Å². The van der Waals surface area contributed by atoms with Crippen LogP contribution < -0.4 is 4.90 Å². The zero-order chi connectivity index (χ0) is 22.4. The second kappa shape index (κ2) is 8.31. The molecule has 0 spiro atoms. The van der Waals surface area contributed by atoms with E-state index in [4.69, 9.17) is 4.98 Å². The predicted octanol–water partition coefficient (Wildman–Crippen LogP) is 5.16. The molecule has 0 radical (unpaired) electrons. The van der Waals surface area contributed by atoms with Gasteiger partial charge in [-0.05, 0) is 43.0 Å². The molecule has 0 bridgehead atoms. The lowest BCUT2D eigenvalue weighted by atomic mass is 9.93. The first kappa shape index (κ1) is 20.4. The Bertz CT molecular complexity index is 1280. The van der Waals surface area contributed by atoms with E-state index in [0.29, 0.717) is 12.5 Å². The summed E-state index contributed by atoms with van der Waals surface area (Å²) in [6, 6.07) is 11.7. The zero-order valence-corrected chi connectivity index (χ0v) is 18.9. The number of anilines is 1. The topological polar surface area (TPSA) is 77.4 Å². The van der Waals surface area contributed by atoms with Gasteiger partial charge in [-0.1, -0.05) is 25.3 Å². The molecule has 3 aromatic rings. The maximum Gasteiger partial charge on any atom is 0.102 e. The lowest BCUT2D eigenvalue weighted by Crippen LogP contribution is -2.22. The van der Waals surface area contributed by atoms with Crippen LogP contribution in [-0.2, 0) is 6.42 Å². The molecule has 3 aliphatic rings. The average Bonchev–Trinajstić information content (AvgIpc) is 3.62. The van der Waals surface area contributed by atoms with Gasteiger partial charge in [0.15, 0.2) is 0 Å². The highest BCUT2D eigenvalue weighted by Crippen LogP contribution is 2.44. The minimum absolute atomic E-state index is 0.194. The van der Waals surface area contributed by atoms with Gasteiger partial charge in [0.25, 0.3) is 0 Å². The summed E-state index contributed by atoms with van der Waals surface area (Å²) in [7, 11) is 0. The lowest BCUT2D eigenvalue weighted by molar-refractivity contribution is 0.238. The summed E-state index contributed by atoms with van der Waals surface area (Å²) in [6.07, 6.45) is 12.0. The van der Waals surface area contributed by atoms with E-state index in [1.165, 1.54) is 37.6 Å². The molecule has 33 heavy (non-hydrogen) atoms. The number of nitrogens with zero attached hydrogens (tertiary/aromatic N) is 5. The van der Waals surface area contributed by atoms with Gasteiger partial charge in [-0.2, -0.15) is 5.26 Å². The molecule has 2 aliphatic heterocycles. The number of hydrogen-bond acceptors (Lipinski definition) is 5. The normalized spacial score (nSPS) is 20.5. The standard InChI is InChI=1S/C27H29N5O/c28-14-23-21-8-10-29-27(21)22(13-26(23)31-11-9-18(15-31)16-33)19-6-7-25-24(12-19)30-17-32(25)20-4-2-1-3-5-20/h6-7,10,12-13,17-18,20,33H,1-5,8-9,11,15-16H2/t18-/m0/s1. The van der Waals surface area contributed by atoms with Crippen molar-refractivity contribution in [2.45, 2.75) is 51.0 Å². The molecule has 0 amide bonds. The third-order valence-corrected chi connectivity index (χ3v) is 7.75. The van der Waals surface area contributed by atoms with Crippen LogP contribution in [0.15, 0.2) is 35.6 Å². The van der Waals surface area contributed by atoms with Gasteiger partial charge in [-0.25, -0.2) is 4.98 Å². The average molecular weight is 440 g/mol. The van der Waals surface area contributed by atoms with Crippen LogP contribution in [-0.4, -0.2) is 40.6 Å². The van der Waals surface area contributed by atoms with E-state index in [9.17, 15) is 10.4 Å². The molecular weight excluding hydrogens is 410 g/mol. The molecule has 1 aromatic heterocycles. The van der Waals surface area contributed by atoms with Gasteiger partial charge in [-0.15, -0.1) is 0 Å². The fraction of sp³-hybridized carbons (Fsp3) is 0.444. The van der Waals surface area contributed by atoms with Crippen molar-refractivity contribution in [3.63, 3.8) is 0 Å². The monoisotopic (exact) mass is 439 g/mol. The molecule has 1 saturated carbocycles. The first-order valence-electron chi connectivity index (χ1n) is 12.2. The fourth-order valence-corrected chi connectivity index (χ4v) is 5.93. The van der Waals surface area contributed by atoms with Crippen molar-refractivity contribution in [3.05, 3.63) is 41.7 Å². The largest absolute Gasteiger partial charge is 0.396 e. The maximum atomic E-state index is 10.0. The highest BCUT2D eigenvalue weighted by Gasteiger charge is 2.28. The van der Waals surface area contributed by atoms with E-state index in [2.05, 4.69) is 44.8 Å². The van der Waals surface area contributed by atoms with Crippen LogP contribution in [0.5, 0.6) is 0 Å². The number of benzene rings is 2. The number of aliphatic hydroxyl groups excluding tert-OH is 1. The minimum Gasteiger partial charge on any atom is -0.396 e. The number of rotatable bonds is 4. The number of fused-ring (bicyclic) bond motifs is 2. The Labute approximate surface area is 194 Å². The Morgan fingerprint density at radius 2 is 2.00 bits per heavy atom. The third kappa shape index (κ3) is 3.43. The Morgan fingerprint density at radius 1 is 1.12 bits per heavy atom. The predicted molar refractivity (Wildman–Crippen MR) is 131 cm³/mol. The van der Waals surface area contributed by atoms with E-state index in [1.54, 1.807) is 0 Å². The van der Waals surface area contributed by atoms with Crippen LogP contribution in [0, 0.1) is 17.2 Å². The highest BCUT2D eigenvalue weighted by molar-refractivity contribution is 5.94. The molecule has 1 aliphatic carbocycles. The van der Waals surface area contributed by atoms with Gasteiger partial charge < -0.3 is 14.6 Å². The van der Waals surface area contributed by atoms with Gasteiger partial charge in [0.1, 0.15) is 6.07 Å². The smallest absolute Gasteiger partial charge is 0.102 e. The van der Waals surface area contributed by atoms with Crippen LogP contribution in [0.1, 0.15) is 55.7 Å². The molecule has 2 aromatic carbocycles. The molecule has 1 atom stereocenters. The van der Waals surface area contributed by atoms with Crippen molar-refractivity contribution in [2.75, 3.05) is 24.6 Å². The van der Waals surface area contributed by atoms with Crippen LogP contribution in [0.3, 0.4) is 0 Å². The van der Waals surface area contributed by atoms with Gasteiger partial charge in [0.05, 0.1) is 34.3 Å². The van der Waals surface area contributed by atoms with Crippen molar-refractivity contribution < 1.29 is 5.11 Å². The summed E-state index contributed by atoms with van der Waals surface area (Å²) in [6.45, 7) is 1.85. The summed E-state index contributed by atoms with van der Waals surface area (Å²) < 4.78 is 2.37. The van der Waals surface area contributed by atoms with Gasteiger partial charge in [0, 0.05) is 55.4 Å². The number of aliphatic imine (C=N–C) groups is 1. The number of aromatic nitrogens is 2. The molecular formula is C27H29N5O. The molecule has 6 heteroatoms. The lowest BCUT2D eigenvalue weighted by Gasteiger charge is -2.24. The van der Waals surface area contributed by atoms with Crippen molar-refractivity contribution in [3.8, 4) is 17.2 Å². The molecule has 6 nitrogen and oxygen atoms in total. The van der Waals surface area contributed by atoms with Gasteiger partial charge in [0.2, 0.25) is 0 Å². The number of imidazole rings is 1. The van der Waals surface area contributed by atoms with E-state index in [1.807, 2.05) is 12.5 Å². The van der Waals surface area contributed by atoms with Crippen molar-refractivity contribution in [1.29, 1.82) is 5.26 Å². The van der Waals surface area contributed by atoms with Gasteiger partial charge in [-0.3, -0.25) is 4.99 Å². The SMILES string of the molecule is N#Cc1c(N2CC[C@H](CO)C2)cc(-c2ccc3c(c2)ncn3C2CCCCC2)c2c1CC=N2.